The van der Waals surface area contributed by atoms with Gasteiger partial charge < -0.3 is 10.2 Å². The number of hydrogen-bond acceptors (Lipinski definition) is 4. The third-order valence-corrected chi connectivity index (χ3v) is 2.58. The van der Waals surface area contributed by atoms with Crippen molar-refractivity contribution in [2.24, 2.45) is 0 Å². The van der Waals surface area contributed by atoms with Crippen LogP contribution in [0.25, 0.3) is 0 Å². The van der Waals surface area contributed by atoms with Gasteiger partial charge in [-0.2, -0.15) is 0 Å². The maximum Gasteiger partial charge on any atom is 0.244 e. The summed E-state index contributed by atoms with van der Waals surface area (Å²) < 4.78 is 0. The molecule has 2 rings (SSSR count). The minimum atomic E-state index is -0.189. The number of hydrogen-bond donors (Lipinski definition) is 1. The van der Waals surface area contributed by atoms with Gasteiger partial charge in [0.2, 0.25) is 5.91 Å². The Morgan fingerprint density at radius 3 is 2.87 bits per heavy atom. The molecule has 1 unspecified atom stereocenters. The first-order chi connectivity index (χ1) is 7.16. The number of likely N-dealkylation sites (tertiary alicyclic amines) is 1. The molecular formula is C9H11ClN4O. The van der Waals surface area contributed by atoms with E-state index >= 15 is 0 Å². The molecule has 1 aromatic heterocycles. The maximum atomic E-state index is 11.6. The Bertz CT molecular complexity index is 367. The van der Waals surface area contributed by atoms with Crippen LogP contribution in [0.15, 0.2) is 12.1 Å². The van der Waals surface area contributed by atoms with Crippen LogP contribution >= 0.6 is 11.6 Å². The minimum Gasteiger partial charge on any atom is -0.357 e. The number of anilines is 1. The highest BCUT2D eigenvalue weighted by Gasteiger charge is 2.28. The molecule has 1 N–H and O–H groups in total. The van der Waals surface area contributed by atoms with Gasteiger partial charge in [-0.15, -0.1) is 10.2 Å². The monoisotopic (exact) mass is 226 g/mol. The molecule has 1 aromatic rings. The van der Waals surface area contributed by atoms with Gasteiger partial charge >= 0.3 is 0 Å². The second kappa shape index (κ2) is 4.02. The van der Waals surface area contributed by atoms with Crippen LogP contribution in [0.3, 0.4) is 0 Å². The molecule has 5 nitrogen and oxygen atoms in total. The topological polar surface area (TPSA) is 58.1 Å². The average molecular weight is 227 g/mol. The molecule has 1 amide bonds. The second-order valence-corrected chi connectivity index (χ2v) is 3.87. The number of halogens is 1. The van der Waals surface area contributed by atoms with Crippen molar-refractivity contribution in [3.05, 3.63) is 17.3 Å². The molecule has 2 heterocycles. The van der Waals surface area contributed by atoms with E-state index in [9.17, 15) is 4.79 Å². The van der Waals surface area contributed by atoms with E-state index in [1.807, 2.05) is 0 Å². The van der Waals surface area contributed by atoms with Gasteiger partial charge in [-0.25, -0.2) is 0 Å². The van der Waals surface area contributed by atoms with Crippen molar-refractivity contribution in [2.45, 2.75) is 12.5 Å². The Hall–Kier alpha value is -1.36. The fraction of sp³-hybridized carbons (Fsp3) is 0.444. The quantitative estimate of drug-likeness (QED) is 0.810. The zero-order valence-corrected chi connectivity index (χ0v) is 9.03. The zero-order valence-electron chi connectivity index (χ0n) is 8.27. The van der Waals surface area contributed by atoms with Crippen LogP contribution in [0.4, 0.5) is 5.82 Å². The number of likely N-dealkylation sites (N-methyl/N-ethyl adjacent to an activating group) is 1. The van der Waals surface area contributed by atoms with E-state index in [-0.39, 0.29) is 11.9 Å². The zero-order chi connectivity index (χ0) is 10.8. The molecule has 1 fully saturated rings. The summed E-state index contributed by atoms with van der Waals surface area (Å²) in [6, 6.07) is 3.16. The van der Waals surface area contributed by atoms with Crippen molar-refractivity contribution in [1.29, 1.82) is 0 Å². The summed E-state index contributed by atoms with van der Waals surface area (Å²) in [6.07, 6.45) is 0.791. The summed E-state index contributed by atoms with van der Waals surface area (Å²) in [5.41, 5.74) is 0. The number of nitrogens with zero attached hydrogens (tertiary/aromatic N) is 3. The van der Waals surface area contributed by atoms with E-state index in [2.05, 4.69) is 15.5 Å². The standard InChI is InChI=1S/C9H11ClN4O/c1-14-5-4-6(9(14)15)11-8-3-2-7(10)12-13-8/h2-3,6H,4-5H2,1H3,(H,11,13). The lowest BCUT2D eigenvalue weighted by Gasteiger charge is -2.11. The minimum absolute atomic E-state index is 0.0896. The largest absolute Gasteiger partial charge is 0.357 e. The first-order valence-electron chi connectivity index (χ1n) is 4.67. The first-order valence-corrected chi connectivity index (χ1v) is 5.05. The lowest BCUT2D eigenvalue weighted by atomic mass is 10.2. The van der Waals surface area contributed by atoms with E-state index in [1.54, 1.807) is 24.1 Å². The third kappa shape index (κ3) is 2.18. The second-order valence-electron chi connectivity index (χ2n) is 3.49. The van der Waals surface area contributed by atoms with Crippen molar-refractivity contribution >= 4 is 23.3 Å². The molecule has 0 bridgehead atoms. The summed E-state index contributed by atoms with van der Waals surface area (Å²) in [5.74, 6) is 0.666. The molecule has 6 heteroatoms. The number of aromatic nitrogens is 2. The highest BCUT2D eigenvalue weighted by atomic mass is 35.5. The van der Waals surface area contributed by atoms with E-state index in [1.165, 1.54) is 0 Å². The van der Waals surface area contributed by atoms with Gasteiger partial charge in [-0.1, -0.05) is 11.6 Å². The van der Waals surface area contributed by atoms with Crippen molar-refractivity contribution in [3.63, 3.8) is 0 Å². The van der Waals surface area contributed by atoms with Crippen molar-refractivity contribution < 1.29 is 4.79 Å². The summed E-state index contributed by atoms with van der Waals surface area (Å²) in [5, 5.41) is 10.9. The van der Waals surface area contributed by atoms with Crippen LogP contribution in [0.5, 0.6) is 0 Å². The average Bonchev–Trinajstić information content (AvgIpc) is 2.53. The highest BCUT2D eigenvalue weighted by molar-refractivity contribution is 6.29. The van der Waals surface area contributed by atoms with Crippen molar-refractivity contribution in [1.82, 2.24) is 15.1 Å². The van der Waals surface area contributed by atoms with Crippen LogP contribution in [-0.4, -0.2) is 40.6 Å². The Labute approximate surface area is 92.4 Å². The molecule has 0 spiro atoms. The van der Waals surface area contributed by atoms with E-state index < -0.39 is 0 Å². The molecule has 80 valence electrons. The molecule has 1 aliphatic rings. The number of carbonyl (C=O) groups is 1. The van der Waals surface area contributed by atoms with Gasteiger partial charge in [0.1, 0.15) is 11.9 Å². The molecule has 1 saturated heterocycles. The molecule has 0 aliphatic carbocycles. The maximum absolute atomic E-state index is 11.6. The van der Waals surface area contributed by atoms with Crippen LogP contribution in [-0.2, 0) is 4.79 Å². The van der Waals surface area contributed by atoms with Crippen LogP contribution < -0.4 is 5.32 Å². The van der Waals surface area contributed by atoms with Crippen molar-refractivity contribution in [3.8, 4) is 0 Å². The Kier molecular flexibility index (Phi) is 2.73. The molecule has 0 radical (unpaired) electrons. The summed E-state index contributed by atoms with van der Waals surface area (Å²) in [6.45, 7) is 0.775. The molecule has 15 heavy (non-hydrogen) atoms. The van der Waals surface area contributed by atoms with E-state index in [0.717, 1.165) is 13.0 Å². The van der Waals surface area contributed by atoms with Crippen LogP contribution in [0.2, 0.25) is 5.15 Å². The molecule has 0 aromatic carbocycles. The molecule has 0 saturated carbocycles. The lowest BCUT2D eigenvalue weighted by molar-refractivity contribution is -0.127. The fourth-order valence-corrected chi connectivity index (χ4v) is 1.63. The van der Waals surface area contributed by atoms with Gasteiger partial charge in [-0.3, -0.25) is 4.79 Å². The Morgan fingerprint density at radius 2 is 2.33 bits per heavy atom. The predicted molar refractivity (Wildman–Crippen MR) is 56.7 cm³/mol. The summed E-state index contributed by atoms with van der Waals surface area (Å²) >= 11 is 5.60. The van der Waals surface area contributed by atoms with E-state index in [4.69, 9.17) is 11.6 Å². The van der Waals surface area contributed by atoms with Crippen molar-refractivity contribution in [2.75, 3.05) is 18.9 Å². The number of rotatable bonds is 2. The Morgan fingerprint density at radius 1 is 1.53 bits per heavy atom. The normalized spacial score (nSPS) is 20.8. The predicted octanol–water partition coefficient (Wildman–Crippen LogP) is 0.773. The molecule has 1 aliphatic heterocycles. The lowest BCUT2D eigenvalue weighted by Crippen LogP contribution is -2.31. The van der Waals surface area contributed by atoms with Gasteiger partial charge in [-0.05, 0) is 18.6 Å². The Balaban J connectivity index is 2.03. The molecular weight excluding hydrogens is 216 g/mol. The molecule has 1 atom stereocenters. The van der Waals surface area contributed by atoms with Gasteiger partial charge in [0.15, 0.2) is 5.15 Å². The van der Waals surface area contributed by atoms with Crippen LogP contribution in [0, 0.1) is 0 Å². The summed E-state index contributed by atoms with van der Waals surface area (Å²) in [7, 11) is 1.79. The highest BCUT2D eigenvalue weighted by Crippen LogP contribution is 2.14. The SMILES string of the molecule is CN1CCC(Nc2ccc(Cl)nn2)C1=O. The van der Waals surface area contributed by atoms with Gasteiger partial charge in [0.05, 0.1) is 0 Å². The fourth-order valence-electron chi connectivity index (χ4n) is 1.53. The first kappa shape index (κ1) is 10.2. The van der Waals surface area contributed by atoms with E-state index in [0.29, 0.717) is 11.0 Å². The third-order valence-electron chi connectivity index (χ3n) is 2.38. The smallest absolute Gasteiger partial charge is 0.244 e. The van der Waals surface area contributed by atoms with Crippen LogP contribution in [0.1, 0.15) is 6.42 Å². The number of amides is 1. The number of nitrogens with one attached hydrogen (secondary N) is 1. The van der Waals surface area contributed by atoms with Gasteiger partial charge in [0, 0.05) is 13.6 Å². The summed E-state index contributed by atoms with van der Waals surface area (Å²) in [4.78, 5) is 13.3. The van der Waals surface area contributed by atoms with Gasteiger partial charge in [0.25, 0.3) is 0 Å². The number of carbonyl (C=O) groups excluding carboxylic acids is 1.